The third-order valence-corrected chi connectivity index (χ3v) is 4.30. The summed E-state index contributed by atoms with van der Waals surface area (Å²) in [5, 5.41) is 20.3. The van der Waals surface area contributed by atoms with Crippen LogP contribution in [0.15, 0.2) is 25.5 Å². The Morgan fingerprint density at radius 2 is 2.21 bits per heavy atom. The van der Waals surface area contributed by atoms with Gasteiger partial charge in [-0.1, -0.05) is 6.58 Å². The number of aromatic nitrogens is 4. The van der Waals surface area contributed by atoms with E-state index in [0.717, 1.165) is 6.26 Å². The fourth-order valence-corrected chi connectivity index (χ4v) is 2.91. The standard InChI is InChI=1S/C12H16N5O6P/c1-2-21-24(20)22-3-6-8(18)9(19)12(23-6)17-5-16-7-10(13)14-4-15-11(7)17/h2,4-6,8-9,12,18-19,24H,1,3H2,(H2,13,14,15)/t6-,8-,9-,12-/m1/s1. The number of aliphatic hydroxyl groups is 2. The summed E-state index contributed by atoms with van der Waals surface area (Å²) in [5.74, 6) is 0.187. The summed E-state index contributed by atoms with van der Waals surface area (Å²) in [6.07, 6.45) is -0.775. The van der Waals surface area contributed by atoms with Crippen molar-refractivity contribution in [3.05, 3.63) is 25.5 Å². The summed E-state index contributed by atoms with van der Waals surface area (Å²) in [6.45, 7) is 3.03. The van der Waals surface area contributed by atoms with Gasteiger partial charge in [-0.3, -0.25) is 9.09 Å². The Hall–Kier alpha value is -2.04. The molecule has 0 radical (unpaired) electrons. The Morgan fingerprint density at radius 3 is 2.96 bits per heavy atom. The summed E-state index contributed by atoms with van der Waals surface area (Å²) in [7, 11) is -2.78. The smallest absolute Gasteiger partial charge is 0.367 e. The van der Waals surface area contributed by atoms with Gasteiger partial charge in [-0.25, -0.2) is 19.5 Å². The molecule has 3 heterocycles. The van der Waals surface area contributed by atoms with E-state index < -0.39 is 32.8 Å². The fourth-order valence-electron chi connectivity index (χ4n) is 2.41. The highest BCUT2D eigenvalue weighted by atomic mass is 31.1. The Balaban J connectivity index is 1.78. The molecule has 0 aliphatic carbocycles. The third kappa shape index (κ3) is 2.99. The van der Waals surface area contributed by atoms with Crippen LogP contribution in [0.4, 0.5) is 5.82 Å². The van der Waals surface area contributed by atoms with Crippen LogP contribution in [0.5, 0.6) is 0 Å². The lowest BCUT2D eigenvalue weighted by Gasteiger charge is -2.16. The van der Waals surface area contributed by atoms with Gasteiger partial charge in [0.25, 0.3) is 0 Å². The molecule has 11 nitrogen and oxygen atoms in total. The normalized spacial score (nSPS) is 28.1. The zero-order chi connectivity index (χ0) is 17.3. The zero-order valence-electron chi connectivity index (χ0n) is 12.3. The van der Waals surface area contributed by atoms with Crippen molar-refractivity contribution in [1.82, 2.24) is 19.5 Å². The number of fused-ring (bicyclic) bond motifs is 1. The maximum Gasteiger partial charge on any atom is 0.367 e. The lowest BCUT2D eigenvalue weighted by atomic mass is 10.1. The quantitative estimate of drug-likeness (QED) is 0.459. The van der Waals surface area contributed by atoms with Gasteiger partial charge in [-0.05, 0) is 0 Å². The number of nitrogen functional groups attached to an aromatic ring is 1. The zero-order valence-corrected chi connectivity index (χ0v) is 13.3. The van der Waals surface area contributed by atoms with Crippen molar-refractivity contribution in [1.29, 1.82) is 0 Å². The van der Waals surface area contributed by atoms with E-state index in [-0.39, 0.29) is 12.4 Å². The van der Waals surface area contributed by atoms with E-state index in [1.165, 1.54) is 17.2 Å². The summed E-state index contributed by atoms with van der Waals surface area (Å²) >= 11 is 0. The molecule has 1 aliphatic heterocycles. The Kier molecular flexibility index (Phi) is 4.78. The number of rotatable bonds is 6. The van der Waals surface area contributed by atoms with E-state index in [9.17, 15) is 14.8 Å². The van der Waals surface area contributed by atoms with Crippen LogP contribution in [0.1, 0.15) is 6.23 Å². The fraction of sp³-hybridized carbons (Fsp3) is 0.417. The molecule has 3 rings (SSSR count). The number of nitrogens with zero attached hydrogens (tertiary/aromatic N) is 4. The summed E-state index contributed by atoms with van der Waals surface area (Å²) in [5.41, 5.74) is 6.42. The predicted molar refractivity (Wildman–Crippen MR) is 81.9 cm³/mol. The SMILES string of the molecule is C=CO[PH](=O)OC[C@H]1O[C@@H](n2cnc3c(N)ncnc32)[C@H](O)[C@@H]1O. The Bertz CT molecular complexity index is 769. The molecule has 1 unspecified atom stereocenters. The molecule has 0 spiro atoms. The van der Waals surface area contributed by atoms with Gasteiger partial charge in [-0.15, -0.1) is 0 Å². The largest absolute Gasteiger partial charge is 0.435 e. The lowest BCUT2D eigenvalue weighted by Crippen LogP contribution is -2.33. The first-order valence-electron chi connectivity index (χ1n) is 6.92. The molecule has 1 saturated heterocycles. The number of hydrogen-bond donors (Lipinski definition) is 3. The summed E-state index contributed by atoms with van der Waals surface area (Å²) in [6, 6.07) is 0. The monoisotopic (exact) mass is 357 g/mol. The van der Waals surface area contributed by atoms with Crippen LogP contribution in [0.2, 0.25) is 0 Å². The molecule has 4 N–H and O–H groups in total. The summed E-state index contributed by atoms with van der Waals surface area (Å²) < 4.78 is 27.9. The molecular weight excluding hydrogens is 341 g/mol. The van der Waals surface area contributed by atoms with E-state index in [1.54, 1.807) is 0 Å². The molecule has 2 aromatic heterocycles. The van der Waals surface area contributed by atoms with Crippen molar-refractivity contribution in [2.24, 2.45) is 0 Å². The minimum atomic E-state index is -2.78. The van der Waals surface area contributed by atoms with Crippen LogP contribution in [0.25, 0.3) is 11.2 Å². The minimum Gasteiger partial charge on any atom is -0.435 e. The molecule has 12 heteroatoms. The van der Waals surface area contributed by atoms with Crippen molar-refractivity contribution in [3.63, 3.8) is 0 Å². The van der Waals surface area contributed by atoms with E-state index in [4.69, 9.17) is 15.0 Å². The second-order valence-corrected chi connectivity index (χ2v) is 6.00. The molecule has 2 aromatic rings. The first-order chi connectivity index (χ1) is 11.5. The second-order valence-electron chi connectivity index (χ2n) is 4.97. The van der Waals surface area contributed by atoms with Gasteiger partial charge in [0.05, 0.1) is 19.2 Å². The van der Waals surface area contributed by atoms with Crippen molar-refractivity contribution < 1.29 is 28.6 Å². The topological polar surface area (TPSA) is 155 Å². The molecule has 1 fully saturated rings. The first-order valence-corrected chi connectivity index (χ1v) is 8.14. The van der Waals surface area contributed by atoms with E-state index in [0.29, 0.717) is 11.2 Å². The summed E-state index contributed by atoms with van der Waals surface area (Å²) in [4.78, 5) is 12.0. The van der Waals surface area contributed by atoms with Crippen molar-refractivity contribution >= 4 is 25.2 Å². The van der Waals surface area contributed by atoms with Gasteiger partial charge in [0.15, 0.2) is 17.7 Å². The second kappa shape index (κ2) is 6.83. The number of nitrogens with two attached hydrogens (primary N) is 1. The molecule has 0 bridgehead atoms. The number of ether oxygens (including phenoxy) is 1. The van der Waals surface area contributed by atoms with Crippen molar-refractivity contribution in [2.45, 2.75) is 24.5 Å². The van der Waals surface area contributed by atoms with Crippen LogP contribution < -0.4 is 5.73 Å². The molecule has 1 aliphatic rings. The van der Waals surface area contributed by atoms with E-state index in [1.807, 2.05) is 0 Å². The van der Waals surface area contributed by atoms with Crippen LogP contribution in [-0.4, -0.2) is 54.7 Å². The maximum atomic E-state index is 11.3. The average molecular weight is 357 g/mol. The highest BCUT2D eigenvalue weighted by molar-refractivity contribution is 7.33. The van der Waals surface area contributed by atoms with Gasteiger partial charge in [-0.2, -0.15) is 0 Å². The van der Waals surface area contributed by atoms with E-state index in [2.05, 4.69) is 26.1 Å². The maximum absolute atomic E-state index is 11.3. The first kappa shape index (κ1) is 16.8. The Morgan fingerprint density at radius 1 is 1.42 bits per heavy atom. The molecule has 24 heavy (non-hydrogen) atoms. The molecule has 130 valence electrons. The number of aliphatic hydroxyl groups excluding tert-OH is 2. The number of imidazole rings is 1. The van der Waals surface area contributed by atoms with Gasteiger partial charge in [0, 0.05) is 0 Å². The highest BCUT2D eigenvalue weighted by Gasteiger charge is 2.44. The molecule has 5 atom stereocenters. The third-order valence-electron chi connectivity index (χ3n) is 3.54. The van der Waals surface area contributed by atoms with Gasteiger partial charge in [0.1, 0.15) is 30.2 Å². The van der Waals surface area contributed by atoms with E-state index >= 15 is 0 Å². The van der Waals surface area contributed by atoms with Gasteiger partial charge >= 0.3 is 8.25 Å². The lowest BCUT2D eigenvalue weighted by molar-refractivity contribution is -0.0477. The molecule has 0 amide bonds. The average Bonchev–Trinajstić information content (AvgIpc) is 3.10. The van der Waals surface area contributed by atoms with Crippen molar-refractivity contribution in [3.8, 4) is 0 Å². The minimum absolute atomic E-state index is 0.187. The van der Waals surface area contributed by atoms with Crippen LogP contribution in [-0.2, 0) is 18.3 Å². The van der Waals surface area contributed by atoms with Gasteiger partial charge in [0.2, 0.25) is 0 Å². The molecule has 0 saturated carbocycles. The highest BCUT2D eigenvalue weighted by Crippen LogP contribution is 2.34. The molecule has 0 aromatic carbocycles. The van der Waals surface area contributed by atoms with Crippen molar-refractivity contribution in [2.75, 3.05) is 12.3 Å². The molecular formula is C12H16N5O6P. The predicted octanol–water partition coefficient (Wildman–Crippen LogP) is -0.406. The van der Waals surface area contributed by atoms with Crippen LogP contribution >= 0.6 is 8.25 Å². The van der Waals surface area contributed by atoms with Gasteiger partial charge < -0.3 is 25.2 Å². The van der Waals surface area contributed by atoms with Crippen LogP contribution in [0.3, 0.4) is 0 Å². The number of anilines is 1. The van der Waals surface area contributed by atoms with Crippen LogP contribution in [0, 0.1) is 0 Å². The Labute approximate surface area is 136 Å². The number of hydrogen-bond acceptors (Lipinski definition) is 10.